The lowest BCUT2D eigenvalue weighted by atomic mass is 9.99. The number of hydrogen-bond donors (Lipinski definition) is 0. The van der Waals surface area contributed by atoms with Crippen molar-refractivity contribution in [2.75, 3.05) is 6.61 Å². The molecule has 0 saturated carbocycles. The zero-order chi connectivity index (χ0) is 14.4. The Balaban J connectivity index is 2.10. The molecule has 0 atom stereocenters. The highest BCUT2D eigenvalue weighted by Gasteiger charge is 2.12. The van der Waals surface area contributed by atoms with Gasteiger partial charge in [-0.2, -0.15) is 0 Å². The minimum absolute atomic E-state index is 0.234. The Morgan fingerprint density at radius 3 is 2.70 bits per heavy atom. The van der Waals surface area contributed by atoms with E-state index >= 15 is 0 Å². The van der Waals surface area contributed by atoms with Gasteiger partial charge in [0.25, 0.3) is 0 Å². The molecule has 2 rings (SSSR count). The molecule has 20 heavy (non-hydrogen) atoms. The molecule has 2 aromatic rings. The van der Waals surface area contributed by atoms with E-state index in [1.807, 2.05) is 38.1 Å². The molecule has 0 bridgehead atoms. The minimum Gasteiger partial charge on any atom is -0.469 e. The average molecular weight is 272 g/mol. The van der Waals surface area contributed by atoms with Gasteiger partial charge in [-0.05, 0) is 49.1 Å². The van der Waals surface area contributed by atoms with Crippen LogP contribution in [0.25, 0.3) is 0 Å². The SMILES string of the molecule is CCOC(=O)c1ccc(CCc2ccco2)cc1CC. The Hall–Kier alpha value is -2.03. The maximum absolute atomic E-state index is 11.8. The van der Waals surface area contributed by atoms with Crippen molar-refractivity contribution in [3.05, 3.63) is 59.0 Å². The Bertz CT molecular complexity index is 556. The molecule has 3 heteroatoms. The minimum atomic E-state index is -0.234. The second-order valence-corrected chi connectivity index (χ2v) is 4.64. The van der Waals surface area contributed by atoms with Crippen molar-refractivity contribution in [1.82, 2.24) is 0 Å². The molecular formula is C17H20O3. The molecule has 0 unspecified atom stereocenters. The number of aryl methyl sites for hydroxylation is 3. The molecule has 1 aromatic carbocycles. The molecule has 3 nitrogen and oxygen atoms in total. The summed E-state index contributed by atoms with van der Waals surface area (Å²) in [7, 11) is 0. The Morgan fingerprint density at radius 1 is 1.20 bits per heavy atom. The molecular weight excluding hydrogens is 252 g/mol. The number of hydrogen-bond acceptors (Lipinski definition) is 3. The number of furan rings is 1. The van der Waals surface area contributed by atoms with Gasteiger partial charge in [0, 0.05) is 6.42 Å². The first-order chi connectivity index (χ1) is 9.74. The third kappa shape index (κ3) is 3.50. The topological polar surface area (TPSA) is 39.4 Å². The van der Waals surface area contributed by atoms with Gasteiger partial charge in [0.05, 0.1) is 18.4 Å². The van der Waals surface area contributed by atoms with Crippen LogP contribution in [0, 0.1) is 0 Å². The summed E-state index contributed by atoms with van der Waals surface area (Å²) in [5, 5.41) is 0. The molecule has 1 aromatic heterocycles. The lowest BCUT2D eigenvalue weighted by molar-refractivity contribution is 0.0525. The maximum atomic E-state index is 11.8. The molecule has 1 heterocycles. The molecule has 0 aliphatic carbocycles. The van der Waals surface area contributed by atoms with Crippen LogP contribution in [0.4, 0.5) is 0 Å². The van der Waals surface area contributed by atoms with E-state index in [9.17, 15) is 4.79 Å². The summed E-state index contributed by atoms with van der Waals surface area (Å²) >= 11 is 0. The largest absolute Gasteiger partial charge is 0.469 e. The van der Waals surface area contributed by atoms with Gasteiger partial charge in [0.1, 0.15) is 5.76 Å². The van der Waals surface area contributed by atoms with E-state index in [1.165, 1.54) is 5.56 Å². The maximum Gasteiger partial charge on any atom is 0.338 e. The Labute approximate surface area is 119 Å². The van der Waals surface area contributed by atoms with Crippen LogP contribution >= 0.6 is 0 Å². The van der Waals surface area contributed by atoms with Crippen molar-refractivity contribution in [2.24, 2.45) is 0 Å². The number of ether oxygens (including phenoxy) is 1. The van der Waals surface area contributed by atoms with Crippen LogP contribution in [0.5, 0.6) is 0 Å². The zero-order valence-electron chi connectivity index (χ0n) is 12.0. The molecule has 0 N–H and O–H groups in total. The Kier molecular flexibility index (Phi) is 4.99. The van der Waals surface area contributed by atoms with E-state index in [-0.39, 0.29) is 5.97 Å². The molecule has 0 aliphatic heterocycles. The van der Waals surface area contributed by atoms with Gasteiger partial charge in [-0.25, -0.2) is 4.79 Å². The first kappa shape index (κ1) is 14.4. The summed E-state index contributed by atoms with van der Waals surface area (Å²) in [5.41, 5.74) is 2.93. The standard InChI is InChI=1S/C17H20O3/c1-3-14-12-13(7-9-15-6-5-11-20-15)8-10-16(14)17(18)19-4-2/h5-6,8,10-12H,3-4,7,9H2,1-2H3. The lowest BCUT2D eigenvalue weighted by Gasteiger charge is -2.09. The van der Waals surface area contributed by atoms with E-state index in [2.05, 4.69) is 6.07 Å². The van der Waals surface area contributed by atoms with Gasteiger partial charge in [0.15, 0.2) is 0 Å². The quantitative estimate of drug-likeness (QED) is 0.751. The van der Waals surface area contributed by atoms with E-state index in [1.54, 1.807) is 6.26 Å². The highest BCUT2D eigenvalue weighted by molar-refractivity contribution is 5.91. The Morgan fingerprint density at radius 2 is 2.05 bits per heavy atom. The molecule has 106 valence electrons. The van der Waals surface area contributed by atoms with Gasteiger partial charge in [-0.15, -0.1) is 0 Å². The summed E-state index contributed by atoms with van der Waals surface area (Å²) in [6.45, 7) is 4.28. The third-order valence-electron chi connectivity index (χ3n) is 3.29. The van der Waals surface area contributed by atoms with Crippen molar-refractivity contribution in [2.45, 2.75) is 33.1 Å². The molecule has 0 amide bonds. The van der Waals surface area contributed by atoms with Crippen LogP contribution in [0.3, 0.4) is 0 Å². The second kappa shape index (κ2) is 6.94. The first-order valence-electron chi connectivity index (χ1n) is 7.05. The fraction of sp³-hybridized carbons (Fsp3) is 0.353. The molecule has 0 saturated heterocycles. The van der Waals surface area contributed by atoms with Crippen LogP contribution < -0.4 is 0 Å². The summed E-state index contributed by atoms with van der Waals surface area (Å²) in [4.78, 5) is 11.8. The highest BCUT2D eigenvalue weighted by Crippen LogP contribution is 2.16. The fourth-order valence-electron chi connectivity index (χ4n) is 2.23. The molecule has 0 fully saturated rings. The second-order valence-electron chi connectivity index (χ2n) is 4.64. The molecule has 0 radical (unpaired) electrons. The van der Waals surface area contributed by atoms with Gasteiger partial charge < -0.3 is 9.15 Å². The van der Waals surface area contributed by atoms with Crippen molar-refractivity contribution in [1.29, 1.82) is 0 Å². The van der Waals surface area contributed by atoms with Gasteiger partial charge in [-0.1, -0.05) is 19.1 Å². The monoisotopic (exact) mass is 272 g/mol. The zero-order valence-corrected chi connectivity index (χ0v) is 12.0. The van der Waals surface area contributed by atoms with Crippen LogP contribution in [0.15, 0.2) is 41.0 Å². The van der Waals surface area contributed by atoms with Gasteiger partial charge in [-0.3, -0.25) is 0 Å². The van der Waals surface area contributed by atoms with E-state index in [0.717, 1.165) is 30.6 Å². The van der Waals surface area contributed by atoms with Crippen LogP contribution in [-0.2, 0) is 24.0 Å². The highest BCUT2D eigenvalue weighted by atomic mass is 16.5. The average Bonchev–Trinajstić information content (AvgIpc) is 2.98. The fourth-order valence-corrected chi connectivity index (χ4v) is 2.23. The normalized spacial score (nSPS) is 10.5. The van der Waals surface area contributed by atoms with Crippen LogP contribution in [0.2, 0.25) is 0 Å². The van der Waals surface area contributed by atoms with E-state index in [4.69, 9.17) is 9.15 Å². The number of rotatable bonds is 6. The van der Waals surface area contributed by atoms with E-state index < -0.39 is 0 Å². The van der Waals surface area contributed by atoms with E-state index in [0.29, 0.717) is 12.2 Å². The summed E-state index contributed by atoms with van der Waals surface area (Å²) in [6.07, 6.45) is 4.29. The number of carbonyl (C=O) groups is 1. The summed E-state index contributed by atoms with van der Waals surface area (Å²) in [5.74, 6) is 0.749. The van der Waals surface area contributed by atoms with Crippen LogP contribution in [-0.4, -0.2) is 12.6 Å². The van der Waals surface area contributed by atoms with Gasteiger partial charge in [0.2, 0.25) is 0 Å². The van der Waals surface area contributed by atoms with Crippen molar-refractivity contribution >= 4 is 5.97 Å². The molecule has 0 aliphatic rings. The number of carbonyl (C=O) groups excluding carboxylic acids is 1. The van der Waals surface area contributed by atoms with Gasteiger partial charge >= 0.3 is 5.97 Å². The summed E-state index contributed by atoms with van der Waals surface area (Å²) in [6, 6.07) is 9.84. The lowest BCUT2D eigenvalue weighted by Crippen LogP contribution is -2.08. The number of benzene rings is 1. The van der Waals surface area contributed by atoms with Crippen molar-refractivity contribution < 1.29 is 13.9 Å². The van der Waals surface area contributed by atoms with Crippen LogP contribution in [0.1, 0.15) is 41.1 Å². The third-order valence-corrected chi connectivity index (χ3v) is 3.29. The van der Waals surface area contributed by atoms with Crippen molar-refractivity contribution in [3.63, 3.8) is 0 Å². The van der Waals surface area contributed by atoms with Crippen molar-refractivity contribution in [3.8, 4) is 0 Å². The number of esters is 1. The molecule has 0 spiro atoms. The predicted molar refractivity (Wildman–Crippen MR) is 77.9 cm³/mol. The summed E-state index contributed by atoms with van der Waals surface area (Å²) < 4.78 is 10.4. The smallest absolute Gasteiger partial charge is 0.338 e. The predicted octanol–water partition coefficient (Wildman–Crippen LogP) is 3.80. The first-order valence-corrected chi connectivity index (χ1v) is 7.05.